The molecule has 0 N–H and O–H groups in total. The molecule has 59 heavy (non-hydrogen) atoms. The van der Waals surface area contributed by atoms with E-state index < -0.39 is 5.41 Å². The van der Waals surface area contributed by atoms with Crippen LogP contribution in [0.1, 0.15) is 22.3 Å². The van der Waals surface area contributed by atoms with Crippen molar-refractivity contribution >= 4 is 60.5 Å². The predicted octanol–water partition coefficient (Wildman–Crippen LogP) is 15.4. The van der Waals surface area contributed by atoms with Crippen molar-refractivity contribution in [3.05, 3.63) is 235 Å². The standard InChI is InChI=1S/C57H35NO/c1-2-18-38(19-3-1)58(40-29-31-46-45-24-10-13-28-52(45)57(53(46)35-40)50-26-11-8-22-43(50)44-23-9-12-27-51(44)57)39-30-32-54-48(34-39)49-33-37-16-5-7-21-42(37)55(56(49)59-54)47-25-14-17-36-15-4-6-20-41(36)47/h1-35H. The molecular formula is C57H35NO. The lowest BCUT2D eigenvalue weighted by Crippen LogP contribution is -2.26. The van der Waals surface area contributed by atoms with Crippen LogP contribution >= 0.6 is 0 Å². The van der Waals surface area contributed by atoms with E-state index in [9.17, 15) is 0 Å². The Bertz CT molecular complexity index is 3450. The molecule has 1 aromatic heterocycles. The Morgan fingerprint density at radius 3 is 1.59 bits per heavy atom. The zero-order chi connectivity index (χ0) is 38.7. The number of furan rings is 1. The van der Waals surface area contributed by atoms with Gasteiger partial charge in [0.25, 0.3) is 0 Å². The summed E-state index contributed by atoms with van der Waals surface area (Å²) in [6.45, 7) is 0. The summed E-state index contributed by atoms with van der Waals surface area (Å²) in [6.07, 6.45) is 0. The number of benzene rings is 10. The van der Waals surface area contributed by atoms with Crippen molar-refractivity contribution in [2.75, 3.05) is 4.90 Å². The number of para-hydroxylation sites is 1. The molecule has 2 heteroatoms. The van der Waals surface area contributed by atoms with Gasteiger partial charge in [0.05, 0.1) is 5.41 Å². The Morgan fingerprint density at radius 2 is 0.864 bits per heavy atom. The van der Waals surface area contributed by atoms with E-state index in [0.717, 1.165) is 44.6 Å². The number of nitrogens with zero attached hydrogens (tertiary/aromatic N) is 1. The smallest absolute Gasteiger partial charge is 0.143 e. The van der Waals surface area contributed by atoms with Crippen molar-refractivity contribution < 1.29 is 4.42 Å². The average Bonchev–Trinajstić information content (AvgIpc) is 3.92. The third-order valence-electron chi connectivity index (χ3n) is 13.0. The molecule has 10 aromatic carbocycles. The van der Waals surface area contributed by atoms with E-state index in [1.54, 1.807) is 0 Å². The highest BCUT2D eigenvalue weighted by atomic mass is 16.3. The fourth-order valence-electron chi connectivity index (χ4n) is 10.7. The van der Waals surface area contributed by atoms with Crippen molar-refractivity contribution in [3.63, 3.8) is 0 Å². The van der Waals surface area contributed by atoms with Crippen LogP contribution in [-0.2, 0) is 5.41 Å². The van der Waals surface area contributed by atoms with Crippen molar-refractivity contribution in [1.29, 1.82) is 0 Å². The van der Waals surface area contributed by atoms with Gasteiger partial charge in [-0.2, -0.15) is 0 Å². The molecule has 2 aliphatic rings. The summed E-state index contributed by atoms with van der Waals surface area (Å²) in [5, 5.41) is 7.01. The Hall–Kier alpha value is -7.68. The maximum Gasteiger partial charge on any atom is 0.143 e. The van der Waals surface area contributed by atoms with Crippen LogP contribution in [0.2, 0.25) is 0 Å². The molecule has 2 aliphatic carbocycles. The number of rotatable bonds is 4. The highest BCUT2D eigenvalue weighted by molar-refractivity contribution is 6.21. The second-order valence-corrected chi connectivity index (χ2v) is 15.9. The second-order valence-electron chi connectivity index (χ2n) is 15.9. The van der Waals surface area contributed by atoms with Gasteiger partial charge in [0.15, 0.2) is 0 Å². The number of anilines is 3. The zero-order valence-electron chi connectivity index (χ0n) is 32.1. The maximum absolute atomic E-state index is 6.95. The van der Waals surface area contributed by atoms with Gasteiger partial charge < -0.3 is 9.32 Å². The van der Waals surface area contributed by atoms with Crippen LogP contribution in [0.3, 0.4) is 0 Å². The van der Waals surface area contributed by atoms with Crippen LogP contribution in [0.25, 0.3) is 76.9 Å². The summed E-state index contributed by atoms with van der Waals surface area (Å²) in [5.41, 5.74) is 17.5. The SMILES string of the molecule is c1ccc(N(c2ccc3c(c2)C2(c4ccccc4-c4ccccc42)c2ccccc2-3)c2ccc3oc4c(-c5cccc6ccccc56)c5ccccc5cc4c3c2)cc1. The molecule has 2 nitrogen and oxygen atoms in total. The monoisotopic (exact) mass is 749 g/mol. The molecular weight excluding hydrogens is 715 g/mol. The molecule has 11 aromatic rings. The van der Waals surface area contributed by atoms with Crippen LogP contribution < -0.4 is 4.90 Å². The lowest BCUT2D eigenvalue weighted by Gasteiger charge is -2.32. The Labute approximate surface area is 341 Å². The second kappa shape index (κ2) is 12.2. The third kappa shape index (κ3) is 4.40. The lowest BCUT2D eigenvalue weighted by atomic mass is 9.70. The van der Waals surface area contributed by atoms with Crippen LogP contribution in [0, 0.1) is 0 Å². The first-order valence-electron chi connectivity index (χ1n) is 20.4. The summed E-state index contributed by atoms with van der Waals surface area (Å²) in [7, 11) is 0. The summed E-state index contributed by atoms with van der Waals surface area (Å²) in [6, 6.07) is 77.9. The van der Waals surface area contributed by atoms with Crippen LogP contribution in [0.5, 0.6) is 0 Å². The summed E-state index contributed by atoms with van der Waals surface area (Å²) >= 11 is 0. The van der Waals surface area contributed by atoms with Crippen molar-refractivity contribution in [1.82, 2.24) is 0 Å². The lowest BCUT2D eigenvalue weighted by molar-refractivity contribution is 0.670. The third-order valence-corrected chi connectivity index (χ3v) is 13.0. The highest BCUT2D eigenvalue weighted by Crippen LogP contribution is 2.63. The number of hydrogen-bond donors (Lipinski definition) is 0. The van der Waals surface area contributed by atoms with Gasteiger partial charge in [-0.3, -0.25) is 0 Å². The molecule has 1 heterocycles. The molecule has 0 amide bonds. The van der Waals surface area contributed by atoms with Crippen molar-refractivity contribution in [2.45, 2.75) is 5.41 Å². The molecule has 0 saturated heterocycles. The van der Waals surface area contributed by atoms with E-state index in [4.69, 9.17) is 4.42 Å². The first-order chi connectivity index (χ1) is 29.3. The molecule has 274 valence electrons. The van der Waals surface area contributed by atoms with Crippen molar-refractivity contribution in [2.24, 2.45) is 0 Å². The molecule has 0 radical (unpaired) electrons. The van der Waals surface area contributed by atoms with Crippen molar-refractivity contribution in [3.8, 4) is 33.4 Å². The molecule has 0 bridgehead atoms. The summed E-state index contributed by atoms with van der Waals surface area (Å²) in [4.78, 5) is 2.41. The minimum absolute atomic E-state index is 0.429. The van der Waals surface area contributed by atoms with E-state index in [0.29, 0.717) is 0 Å². The van der Waals surface area contributed by atoms with E-state index >= 15 is 0 Å². The number of hydrogen-bond acceptors (Lipinski definition) is 2. The van der Waals surface area contributed by atoms with Gasteiger partial charge in [-0.1, -0.05) is 164 Å². The van der Waals surface area contributed by atoms with E-state index in [2.05, 4.69) is 217 Å². The molecule has 0 atom stereocenters. The van der Waals surface area contributed by atoms with Gasteiger partial charge in [0, 0.05) is 33.4 Å². The largest absolute Gasteiger partial charge is 0.455 e. The van der Waals surface area contributed by atoms with E-state index in [1.165, 1.54) is 71.6 Å². The Kier molecular flexibility index (Phi) is 6.68. The minimum Gasteiger partial charge on any atom is -0.455 e. The Balaban J connectivity index is 1.06. The molecule has 13 rings (SSSR count). The molecule has 1 spiro atoms. The first-order valence-corrected chi connectivity index (χ1v) is 20.4. The predicted molar refractivity (Wildman–Crippen MR) is 245 cm³/mol. The quantitative estimate of drug-likeness (QED) is 0.178. The van der Waals surface area contributed by atoms with Gasteiger partial charge >= 0.3 is 0 Å². The van der Waals surface area contributed by atoms with E-state index in [1.807, 2.05) is 0 Å². The number of fused-ring (bicyclic) bond motifs is 15. The van der Waals surface area contributed by atoms with Gasteiger partial charge in [-0.15, -0.1) is 0 Å². The van der Waals surface area contributed by atoms with Gasteiger partial charge in [0.2, 0.25) is 0 Å². The van der Waals surface area contributed by atoms with Crippen LogP contribution in [0.4, 0.5) is 17.1 Å². The fraction of sp³-hybridized carbons (Fsp3) is 0.0175. The fourth-order valence-corrected chi connectivity index (χ4v) is 10.7. The normalized spacial score (nSPS) is 13.2. The Morgan fingerprint density at radius 1 is 0.322 bits per heavy atom. The molecule has 0 saturated carbocycles. The average molecular weight is 750 g/mol. The van der Waals surface area contributed by atoms with E-state index in [-0.39, 0.29) is 0 Å². The first kappa shape index (κ1) is 32.4. The molecule has 0 unspecified atom stereocenters. The zero-order valence-corrected chi connectivity index (χ0v) is 32.1. The topological polar surface area (TPSA) is 16.4 Å². The maximum atomic E-state index is 6.95. The van der Waals surface area contributed by atoms with Gasteiger partial charge in [-0.05, 0) is 120 Å². The van der Waals surface area contributed by atoms with Crippen LogP contribution in [-0.4, -0.2) is 0 Å². The highest BCUT2D eigenvalue weighted by Gasteiger charge is 2.51. The molecule has 0 fully saturated rings. The molecule has 0 aliphatic heterocycles. The van der Waals surface area contributed by atoms with Gasteiger partial charge in [0.1, 0.15) is 11.2 Å². The van der Waals surface area contributed by atoms with Gasteiger partial charge in [-0.25, -0.2) is 0 Å². The summed E-state index contributed by atoms with van der Waals surface area (Å²) in [5.74, 6) is 0. The minimum atomic E-state index is -0.429. The summed E-state index contributed by atoms with van der Waals surface area (Å²) < 4.78 is 6.95. The van der Waals surface area contributed by atoms with Crippen LogP contribution in [0.15, 0.2) is 217 Å².